The summed E-state index contributed by atoms with van der Waals surface area (Å²) in [5.41, 5.74) is 1.03. The number of ether oxygens (including phenoxy) is 2. The highest BCUT2D eigenvalue weighted by Crippen LogP contribution is 2.41. The summed E-state index contributed by atoms with van der Waals surface area (Å²) >= 11 is 0. The molecule has 0 spiro atoms. The quantitative estimate of drug-likeness (QED) is 0.842. The van der Waals surface area contributed by atoms with Crippen molar-refractivity contribution in [2.45, 2.75) is 43.9 Å². The topological polar surface area (TPSA) is 50.7 Å². The lowest BCUT2D eigenvalue weighted by molar-refractivity contribution is -0.0389. The maximum atomic E-state index is 6.43. The van der Waals surface area contributed by atoms with E-state index in [0.717, 1.165) is 37.8 Å². The molecule has 0 amide bonds. The van der Waals surface area contributed by atoms with Crippen molar-refractivity contribution in [2.24, 2.45) is 5.92 Å². The first-order valence-electron chi connectivity index (χ1n) is 9.18. The van der Waals surface area contributed by atoms with Gasteiger partial charge in [0.25, 0.3) is 0 Å². The van der Waals surface area contributed by atoms with Crippen LogP contribution in [0.1, 0.15) is 37.5 Å². The van der Waals surface area contributed by atoms with Gasteiger partial charge in [-0.25, -0.2) is 9.97 Å². The minimum atomic E-state index is 0.122. The van der Waals surface area contributed by atoms with Gasteiger partial charge in [0.2, 0.25) is 5.95 Å². The third-order valence-electron chi connectivity index (χ3n) is 5.68. The Kier molecular flexibility index (Phi) is 4.70. The first-order valence-corrected chi connectivity index (χ1v) is 9.18. The van der Waals surface area contributed by atoms with Gasteiger partial charge in [-0.2, -0.15) is 0 Å². The van der Waals surface area contributed by atoms with Crippen LogP contribution in [0.3, 0.4) is 0 Å². The number of fused-ring (bicyclic) bond motifs is 1. The van der Waals surface area contributed by atoms with Gasteiger partial charge in [0.05, 0.1) is 11.8 Å². The number of hydrogen-bond acceptors (Lipinski definition) is 6. The summed E-state index contributed by atoms with van der Waals surface area (Å²) in [6.07, 6.45) is 6.98. The van der Waals surface area contributed by atoms with Crippen LogP contribution >= 0.6 is 0 Å². The molecule has 0 bridgehead atoms. The first kappa shape index (κ1) is 16.2. The van der Waals surface area contributed by atoms with Gasteiger partial charge >= 0.3 is 0 Å². The molecule has 132 valence electrons. The molecule has 3 aliphatic heterocycles. The van der Waals surface area contributed by atoms with Crippen molar-refractivity contribution < 1.29 is 9.47 Å². The molecule has 3 saturated heterocycles. The molecule has 6 heteroatoms. The highest BCUT2D eigenvalue weighted by Gasteiger charge is 2.41. The number of rotatable bonds is 3. The predicted molar refractivity (Wildman–Crippen MR) is 92.1 cm³/mol. The molecule has 1 aromatic rings. The third kappa shape index (κ3) is 3.27. The van der Waals surface area contributed by atoms with Crippen LogP contribution < -0.4 is 4.90 Å². The van der Waals surface area contributed by atoms with Crippen molar-refractivity contribution in [3.63, 3.8) is 0 Å². The van der Waals surface area contributed by atoms with Crippen molar-refractivity contribution in [1.29, 1.82) is 0 Å². The number of aromatic nitrogens is 2. The SMILES string of the molecule is CN(C)c1nccc([C@@H]2C[C@@H]3CCN(C4CCOCC4)C[C@H]3O2)n1. The summed E-state index contributed by atoms with van der Waals surface area (Å²) in [6.45, 7) is 4.09. The Morgan fingerprint density at radius 3 is 2.83 bits per heavy atom. The Morgan fingerprint density at radius 1 is 1.21 bits per heavy atom. The Bertz CT molecular complexity index is 562. The molecule has 6 nitrogen and oxygen atoms in total. The van der Waals surface area contributed by atoms with E-state index in [9.17, 15) is 0 Å². The largest absolute Gasteiger partial charge is 0.381 e. The molecule has 0 radical (unpaired) electrons. The van der Waals surface area contributed by atoms with Gasteiger partial charge in [-0.15, -0.1) is 0 Å². The average Bonchev–Trinajstić information content (AvgIpc) is 3.06. The highest BCUT2D eigenvalue weighted by atomic mass is 16.5. The minimum absolute atomic E-state index is 0.122. The Hall–Kier alpha value is -1.24. The van der Waals surface area contributed by atoms with Crippen molar-refractivity contribution in [3.8, 4) is 0 Å². The van der Waals surface area contributed by atoms with Gasteiger partial charge < -0.3 is 14.4 Å². The van der Waals surface area contributed by atoms with Crippen LogP contribution in [0.5, 0.6) is 0 Å². The van der Waals surface area contributed by atoms with E-state index in [-0.39, 0.29) is 6.10 Å². The lowest BCUT2D eigenvalue weighted by Gasteiger charge is -2.40. The molecule has 0 aromatic carbocycles. The maximum absolute atomic E-state index is 6.43. The van der Waals surface area contributed by atoms with Crippen LogP contribution in [0.25, 0.3) is 0 Å². The van der Waals surface area contributed by atoms with E-state index in [0.29, 0.717) is 18.1 Å². The molecule has 24 heavy (non-hydrogen) atoms. The fraction of sp³-hybridized carbons (Fsp3) is 0.778. The number of anilines is 1. The fourth-order valence-electron chi connectivity index (χ4n) is 4.28. The molecule has 0 saturated carbocycles. The van der Waals surface area contributed by atoms with Crippen molar-refractivity contribution in [2.75, 3.05) is 45.3 Å². The molecule has 3 atom stereocenters. The summed E-state index contributed by atoms with van der Waals surface area (Å²) in [7, 11) is 3.94. The Labute approximate surface area is 144 Å². The molecule has 3 fully saturated rings. The van der Waals surface area contributed by atoms with E-state index in [2.05, 4.69) is 14.9 Å². The molecule has 0 aliphatic carbocycles. The van der Waals surface area contributed by atoms with Gasteiger partial charge in [-0.05, 0) is 44.2 Å². The van der Waals surface area contributed by atoms with Crippen molar-refractivity contribution in [3.05, 3.63) is 18.0 Å². The van der Waals surface area contributed by atoms with Gasteiger partial charge in [-0.1, -0.05) is 0 Å². The molecular weight excluding hydrogens is 304 g/mol. The van der Waals surface area contributed by atoms with E-state index < -0.39 is 0 Å². The first-order chi connectivity index (χ1) is 11.7. The number of hydrogen-bond donors (Lipinski definition) is 0. The zero-order valence-corrected chi connectivity index (χ0v) is 14.7. The molecule has 0 N–H and O–H groups in total. The van der Waals surface area contributed by atoms with Crippen LogP contribution in [0.15, 0.2) is 12.3 Å². The number of likely N-dealkylation sites (tertiary alicyclic amines) is 1. The average molecular weight is 332 g/mol. The second kappa shape index (κ2) is 6.94. The summed E-state index contributed by atoms with van der Waals surface area (Å²) in [6, 6.07) is 2.69. The van der Waals surface area contributed by atoms with Crippen LogP contribution in [0, 0.1) is 5.92 Å². The minimum Gasteiger partial charge on any atom is -0.381 e. The predicted octanol–water partition coefficient (Wildman–Crippen LogP) is 1.87. The van der Waals surface area contributed by atoms with Crippen molar-refractivity contribution in [1.82, 2.24) is 14.9 Å². The molecular formula is C18H28N4O2. The van der Waals surface area contributed by atoms with Crippen LogP contribution in [-0.4, -0.2) is 67.4 Å². The van der Waals surface area contributed by atoms with E-state index >= 15 is 0 Å². The van der Waals surface area contributed by atoms with Crippen LogP contribution in [0.2, 0.25) is 0 Å². The summed E-state index contributed by atoms with van der Waals surface area (Å²) in [5, 5.41) is 0. The van der Waals surface area contributed by atoms with Gasteiger partial charge in [0.1, 0.15) is 6.10 Å². The molecule has 4 rings (SSSR count). The number of piperidine rings is 1. The van der Waals surface area contributed by atoms with E-state index in [4.69, 9.17) is 9.47 Å². The van der Waals surface area contributed by atoms with Gasteiger partial charge in [0.15, 0.2) is 0 Å². The lowest BCUT2D eigenvalue weighted by atomic mass is 9.89. The summed E-state index contributed by atoms with van der Waals surface area (Å²) in [5.74, 6) is 1.43. The van der Waals surface area contributed by atoms with Crippen LogP contribution in [0.4, 0.5) is 5.95 Å². The second-order valence-corrected chi connectivity index (χ2v) is 7.46. The highest BCUT2D eigenvalue weighted by molar-refractivity contribution is 5.28. The van der Waals surface area contributed by atoms with Crippen molar-refractivity contribution >= 4 is 5.95 Å². The fourth-order valence-corrected chi connectivity index (χ4v) is 4.28. The molecule has 4 heterocycles. The smallest absolute Gasteiger partial charge is 0.225 e. The Morgan fingerprint density at radius 2 is 2.04 bits per heavy atom. The molecule has 3 aliphatic rings. The normalized spacial score (nSPS) is 31.8. The van der Waals surface area contributed by atoms with Gasteiger partial charge in [-0.3, -0.25) is 4.90 Å². The van der Waals surface area contributed by atoms with E-state index in [1.807, 2.05) is 31.3 Å². The lowest BCUT2D eigenvalue weighted by Crippen LogP contribution is -2.49. The zero-order chi connectivity index (χ0) is 16.5. The summed E-state index contributed by atoms with van der Waals surface area (Å²) < 4.78 is 11.9. The second-order valence-electron chi connectivity index (χ2n) is 7.46. The monoisotopic (exact) mass is 332 g/mol. The third-order valence-corrected chi connectivity index (χ3v) is 5.68. The standard InChI is InChI=1S/C18H28N4O2/c1-21(2)18-19-7-3-15(20-18)16-11-13-4-8-22(12-17(13)24-16)14-5-9-23-10-6-14/h3,7,13-14,16-17H,4-6,8-12H2,1-2H3/t13-,16-,17+/m0/s1. The van der Waals surface area contributed by atoms with Gasteiger partial charge in [0, 0.05) is 46.1 Å². The molecule has 0 unspecified atom stereocenters. The summed E-state index contributed by atoms with van der Waals surface area (Å²) in [4.78, 5) is 13.6. The number of nitrogens with zero attached hydrogens (tertiary/aromatic N) is 4. The molecule has 1 aromatic heterocycles. The van der Waals surface area contributed by atoms with Crippen LogP contribution in [-0.2, 0) is 9.47 Å². The zero-order valence-electron chi connectivity index (χ0n) is 14.7. The Balaban J connectivity index is 1.41. The van der Waals surface area contributed by atoms with E-state index in [1.165, 1.54) is 25.8 Å². The maximum Gasteiger partial charge on any atom is 0.225 e. The van der Waals surface area contributed by atoms with E-state index in [1.54, 1.807) is 0 Å².